The van der Waals surface area contributed by atoms with E-state index in [0.29, 0.717) is 25.1 Å². The lowest BCUT2D eigenvalue weighted by molar-refractivity contribution is -0.148. The summed E-state index contributed by atoms with van der Waals surface area (Å²) in [6.45, 7) is 5.87. The van der Waals surface area contributed by atoms with Gasteiger partial charge < -0.3 is 15.2 Å². The molecule has 1 aromatic heterocycles. The number of aromatic nitrogens is 1. The van der Waals surface area contributed by atoms with Crippen LogP contribution in [0.5, 0.6) is 0 Å². The highest BCUT2D eigenvalue weighted by atomic mass is 16.5. The van der Waals surface area contributed by atoms with E-state index in [4.69, 9.17) is 4.52 Å². The van der Waals surface area contributed by atoms with Gasteiger partial charge in [-0.1, -0.05) is 36.3 Å². The van der Waals surface area contributed by atoms with Crippen LogP contribution >= 0.6 is 0 Å². The van der Waals surface area contributed by atoms with Crippen molar-refractivity contribution in [3.05, 3.63) is 52.9 Å². The van der Waals surface area contributed by atoms with Gasteiger partial charge >= 0.3 is 0 Å². The van der Waals surface area contributed by atoms with E-state index < -0.39 is 17.9 Å². The molecular weight excluding hydrogens is 398 g/mol. The quantitative estimate of drug-likeness (QED) is 0.727. The van der Waals surface area contributed by atoms with E-state index in [9.17, 15) is 14.4 Å². The fraction of sp³-hybridized carbons (Fsp3) is 0.455. The number of aryl methyl sites for hydroxylation is 1. The molecule has 0 spiro atoms. The maximum absolute atomic E-state index is 13.3. The first kappa shape index (κ1) is 21.0. The molecule has 1 fully saturated rings. The summed E-state index contributed by atoms with van der Waals surface area (Å²) in [5.41, 5.74) is 2.49. The molecule has 1 saturated heterocycles. The number of hydrogen-bond acceptors (Lipinski definition) is 6. The van der Waals surface area contributed by atoms with Crippen LogP contribution in [0.25, 0.3) is 0 Å². The average Bonchev–Trinajstić information content (AvgIpc) is 3.39. The van der Waals surface area contributed by atoms with Gasteiger partial charge in [-0.25, -0.2) is 5.01 Å². The van der Waals surface area contributed by atoms with Crippen molar-refractivity contribution in [2.45, 2.75) is 39.3 Å². The molecule has 0 aliphatic carbocycles. The lowest BCUT2D eigenvalue weighted by Crippen LogP contribution is -2.47. The molecule has 3 amide bonds. The minimum Gasteiger partial charge on any atom is -0.351 e. The van der Waals surface area contributed by atoms with Crippen LogP contribution in [0.4, 0.5) is 0 Å². The zero-order valence-corrected chi connectivity index (χ0v) is 17.8. The summed E-state index contributed by atoms with van der Waals surface area (Å²) in [6.07, 6.45) is 2.90. The molecule has 2 N–H and O–H groups in total. The van der Waals surface area contributed by atoms with E-state index >= 15 is 0 Å². The van der Waals surface area contributed by atoms with Gasteiger partial charge in [0.1, 0.15) is 6.04 Å². The van der Waals surface area contributed by atoms with E-state index in [2.05, 4.69) is 15.8 Å². The van der Waals surface area contributed by atoms with Crippen LogP contribution in [0.3, 0.4) is 0 Å². The molecule has 164 valence electrons. The zero-order valence-electron chi connectivity index (χ0n) is 17.8. The third-order valence-electron chi connectivity index (χ3n) is 5.96. The Bertz CT molecular complexity index is 988. The lowest BCUT2D eigenvalue weighted by atomic mass is 9.98. The van der Waals surface area contributed by atoms with Crippen molar-refractivity contribution >= 4 is 17.7 Å². The highest BCUT2D eigenvalue weighted by Gasteiger charge is 2.38. The molecule has 2 aliphatic rings. The van der Waals surface area contributed by atoms with Crippen molar-refractivity contribution < 1.29 is 18.9 Å². The van der Waals surface area contributed by atoms with E-state index in [-0.39, 0.29) is 24.1 Å². The smallest absolute Gasteiger partial charge is 0.290 e. The van der Waals surface area contributed by atoms with Gasteiger partial charge in [0.15, 0.2) is 0 Å². The highest BCUT2D eigenvalue weighted by Crippen LogP contribution is 2.29. The molecule has 0 radical (unpaired) electrons. The summed E-state index contributed by atoms with van der Waals surface area (Å²) < 4.78 is 4.96. The van der Waals surface area contributed by atoms with Gasteiger partial charge in [-0.05, 0) is 30.9 Å². The lowest BCUT2D eigenvalue weighted by Gasteiger charge is -2.28. The van der Waals surface area contributed by atoms with Crippen LogP contribution in [0.1, 0.15) is 53.1 Å². The Kier molecular flexibility index (Phi) is 6.03. The number of carbonyl (C=O) groups excluding carboxylic acids is 3. The fourth-order valence-corrected chi connectivity index (χ4v) is 4.15. The van der Waals surface area contributed by atoms with Crippen LogP contribution in [0.2, 0.25) is 0 Å². The Morgan fingerprint density at radius 1 is 1.29 bits per heavy atom. The second kappa shape index (κ2) is 8.89. The van der Waals surface area contributed by atoms with Gasteiger partial charge in [-0.2, -0.15) is 0 Å². The third-order valence-corrected chi connectivity index (χ3v) is 5.96. The van der Waals surface area contributed by atoms with Crippen molar-refractivity contribution in [3.8, 4) is 0 Å². The van der Waals surface area contributed by atoms with Crippen LogP contribution in [-0.4, -0.2) is 52.5 Å². The Morgan fingerprint density at radius 3 is 2.84 bits per heavy atom. The molecule has 0 saturated carbocycles. The first-order valence-electron chi connectivity index (χ1n) is 10.6. The number of amides is 3. The van der Waals surface area contributed by atoms with Crippen LogP contribution in [-0.2, 0) is 16.1 Å². The Morgan fingerprint density at radius 2 is 2.10 bits per heavy atom. The summed E-state index contributed by atoms with van der Waals surface area (Å²) in [6, 6.07) is 6.99. The molecule has 3 heterocycles. The first-order chi connectivity index (χ1) is 15.0. The molecule has 31 heavy (non-hydrogen) atoms. The molecule has 2 aromatic rings. The van der Waals surface area contributed by atoms with Crippen LogP contribution in [0, 0.1) is 12.8 Å². The van der Waals surface area contributed by atoms with Crippen molar-refractivity contribution in [1.82, 2.24) is 25.8 Å². The van der Waals surface area contributed by atoms with Gasteiger partial charge in [0.2, 0.25) is 11.7 Å². The molecule has 0 bridgehead atoms. The number of nitrogens with zero attached hydrogens (tertiary/aromatic N) is 3. The summed E-state index contributed by atoms with van der Waals surface area (Å²) in [5.74, 6) is -1.14. The molecule has 2 aliphatic heterocycles. The molecule has 0 unspecified atom stereocenters. The minimum absolute atomic E-state index is 0.119. The largest absolute Gasteiger partial charge is 0.351 e. The van der Waals surface area contributed by atoms with Gasteiger partial charge in [0, 0.05) is 31.7 Å². The molecule has 4 rings (SSSR count). The maximum Gasteiger partial charge on any atom is 0.290 e. The van der Waals surface area contributed by atoms with Gasteiger partial charge in [-0.3, -0.25) is 19.4 Å². The van der Waals surface area contributed by atoms with Gasteiger partial charge in [-0.15, -0.1) is 0 Å². The zero-order chi connectivity index (χ0) is 22.0. The topological polar surface area (TPSA) is 108 Å². The Hall–Kier alpha value is -3.20. The van der Waals surface area contributed by atoms with Crippen molar-refractivity contribution in [3.63, 3.8) is 0 Å². The van der Waals surface area contributed by atoms with Crippen LogP contribution < -0.4 is 10.6 Å². The van der Waals surface area contributed by atoms with E-state index in [1.807, 2.05) is 36.2 Å². The predicted octanol–water partition coefficient (Wildman–Crippen LogP) is 1.56. The number of nitrogens with one attached hydrogen (secondary N) is 2. The molecule has 1 aromatic carbocycles. The first-order valence-corrected chi connectivity index (χ1v) is 10.6. The van der Waals surface area contributed by atoms with E-state index in [0.717, 1.165) is 24.1 Å². The number of hydrogen-bond donors (Lipinski definition) is 2. The monoisotopic (exact) mass is 425 g/mol. The number of fused-ring (bicyclic) bond motifs is 2. The number of hydrazine groups is 1. The van der Waals surface area contributed by atoms with E-state index in [1.54, 1.807) is 11.9 Å². The standard InChI is InChI=1S/C22H27N5O4/c1-3-15(12-23-21(29)19-14(2)11-24-31-19)20(28)25-18-17-8-5-4-7-16(17)13-26-9-6-10-27(26)22(18)30/h4-5,7-8,11,15,18H,3,6,9-10,12-13H2,1-2H3,(H,23,29)(H,25,28)/t15-,18+/m1/s1. The second-order valence-corrected chi connectivity index (χ2v) is 8.00. The van der Waals surface area contributed by atoms with Gasteiger partial charge in [0.05, 0.1) is 12.1 Å². The normalized spacial score (nSPS) is 19.4. The molecule has 2 atom stereocenters. The summed E-state index contributed by atoms with van der Waals surface area (Å²) in [7, 11) is 0. The summed E-state index contributed by atoms with van der Waals surface area (Å²) in [4.78, 5) is 38.7. The highest BCUT2D eigenvalue weighted by molar-refractivity contribution is 5.93. The molecular formula is C22H27N5O4. The van der Waals surface area contributed by atoms with Crippen molar-refractivity contribution in [2.75, 3.05) is 19.6 Å². The van der Waals surface area contributed by atoms with Crippen LogP contribution in [0.15, 0.2) is 35.0 Å². The molecule has 9 heteroatoms. The second-order valence-electron chi connectivity index (χ2n) is 8.00. The Labute approximate surface area is 180 Å². The Balaban J connectivity index is 1.48. The van der Waals surface area contributed by atoms with Crippen molar-refractivity contribution in [1.29, 1.82) is 0 Å². The summed E-state index contributed by atoms with van der Waals surface area (Å²) in [5, 5.41) is 13.1. The number of benzene rings is 1. The van der Waals surface area contributed by atoms with Gasteiger partial charge in [0.25, 0.3) is 11.8 Å². The van der Waals surface area contributed by atoms with Crippen molar-refractivity contribution in [2.24, 2.45) is 5.92 Å². The summed E-state index contributed by atoms with van der Waals surface area (Å²) >= 11 is 0. The molecule has 9 nitrogen and oxygen atoms in total. The average molecular weight is 425 g/mol. The maximum atomic E-state index is 13.3. The van der Waals surface area contributed by atoms with E-state index in [1.165, 1.54) is 6.20 Å². The number of carbonyl (C=O) groups is 3. The predicted molar refractivity (Wildman–Crippen MR) is 111 cm³/mol. The SMILES string of the molecule is CC[C@H](CNC(=O)c1oncc1C)C(=O)N[C@@H]1C(=O)N2CCCN2Cc2ccccc21. The minimum atomic E-state index is -0.743. The third kappa shape index (κ3) is 4.18. The fourth-order valence-electron chi connectivity index (χ4n) is 4.15. The number of rotatable bonds is 6.